The largest absolute Gasteiger partial charge is 0.478 e. The Labute approximate surface area is 136 Å². The molecule has 0 spiro atoms. The number of allylic oxidation sites excluding steroid dienone is 3. The van der Waals surface area contributed by atoms with Crippen LogP contribution in [0.4, 0.5) is 4.39 Å². The van der Waals surface area contributed by atoms with Crippen LogP contribution in [0.2, 0.25) is 0 Å². The van der Waals surface area contributed by atoms with Crippen LogP contribution < -0.4 is 5.73 Å². The molecule has 0 aliphatic heterocycles. The first-order valence-electron chi connectivity index (χ1n) is 7.49. The Balaban J connectivity index is 3.31. The fourth-order valence-corrected chi connectivity index (χ4v) is 2.02. The van der Waals surface area contributed by atoms with Gasteiger partial charge in [-0.05, 0) is 50.0 Å². The summed E-state index contributed by atoms with van der Waals surface area (Å²) in [6.45, 7) is 6.89. The smallest absolute Gasteiger partial charge is 0.335 e. The number of unbranched alkanes of at least 4 members (excludes halogenated alkanes) is 1. The summed E-state index contributed by atoms with van der Waals surface area (Å²) >= 11 is 0. The molecule has 0 saturated carbocycles. The van der Waals surface area contributed by atoms with Crippen molar-refractivity contribution in [1.82, 2.24) is 4.98 Å². The van der Waals surface area contributed by atoms with E-state index in [9.17, 15) is 14.3 Å². The highest BCUT2D eigenvalue weighted by Gasteiger charge is 2.16. The van der Waals surface area contributed by atoms with Gasteiger partial charge in [0.1, 0.15) is 5.83 Å². The molecule has 0 atom stereocenters. The number of nitrogens with zero attached hydrogens (tertiary/aromatic N) is 1. The van der Waals surface area contributed by atoms with E-state index in [0.717, 1.165) is 12.1 Å². The number of aliphatic carboxylic acids is 1. The lowest BCUT2D eigenvalue weighted by Gasteiger charge is -2.10. The molecule has 0 fully saturated rings. The first kappa shape index (κ1) is 18.6. The van der Waals surface area contributed by atoms with Gasteiger partial charge in [0.25, 0.3) is 0 Å². The second kappa shape index (κ2) is 8.27. The van der Waals surface area contributed by atoms with Crippen LogP contribution in [0.15, 0.2) is 47.1 Å². The van der Waals surface area contributed by atoms with Gasteiger partial charge in [0.15, 0.2) is 0 Å². The molecular formula is C18H23FN2O2. The number of aromatic nitrogens is 1. The first-order valence-corrected chi connectivity index (χ1v) is 7.49. The zero-order valence-electron chi connectivity index (χ0n) is 14.0. The minimum atomic E-state index is -1.11. The van der Waals surface area contributed by atoms with Crippen molar-refractivity contribution in [3.05, 3.63) is 58.3 Å². The van der Waals surface area contributed by atoms with Crippen molar-refractivity contribution in [1.29, 1.82) is 0 Å². The zero-order chi connectivity index (χ0) is 17.6. The van der Waals surface area contributed by atoms with E-state index >= 15 is 0 Å². The van der Waals surface area contributed by atoms with E-state index in [1.165, 1.54) is 6.92 Å². The fraction of sp³-hybridized carbons (Fsp3) is 0.333. The minimum absolute atomic E-state index is 0.0364. The predicted molar refractivity (Wildman–Crippen MR) is 90.2 cm³/mol. The Morgan fingerprint density at radius 3 is 2.52 bits per heavy atom. The molecule has 0 bridgehead atoms. The summed E-state index contributed by atoms with van der Waals surface area (Å²) in [5, 5.41) is 9.28. The highest BCUT2D eigenvalue weighted by atomic mass is 19.1. The molecule has 5 heteroatoms. The summed E-state index contributed by atoms with van der Waals surface area (Å²) in [5.74, 6) is -1.74. The number of carbonyl (C=O) groups is 1. The number of hydrogen-bond donors (Lipinski definition) is 2. The Kier molecular flexibility index (Phi) is 6.69. The molecule has 0 aromatic carbocycles. The monoisotopic (exact) mass is 318 g/mol. The number of halogens is 1. The quantitative estimate of drug-likeness (QED) is 0.610. The summed E-state index contributed by atoms with van der Waals surface area (Å²) in [7, 11) is 0. The maximum Gasteiger partial charge on any atom is 0.335 e. The molecule has 1 aromatic heterocycles. The summed E-state index contributed by atoms with van der Waals surface area (Å²) in [4.78, 5) is 15.5. The summed E-state index contributed by atoms with van der Waals surface area (Å²) in [6, 6.07) is 3.54. The lowest BCUT2D eigenvalue weighted by molar-refractivity contribution is -0.132. The summed E-state index contributed by atoms with van der Waals surface area (Å²) in [6.07, 6.45) is 4.53. The Hall–Kier alpha value is -2.43. The molecule has 23 heavy (non-hydrogen) atoms. The standard InChI is InChI=1S/C18H23FN2O2/c1-5-6-7-15(18(22)23)13(4)17(20)16(19)12(3)14-9-8-11(2)21-10-14/h7-10H,5-6,20H2,1-4H3,(H,22,23)/b15-7-,16-12-,17-13+. The highest BCUT2D eigenvalue weighted by molar-refractivity contribution is 5.92. The Bertz CT molecular complexity index is 671. The van der Waals surface area contributed by atoms with Crippen LogP contribution in [0.5, 0.6) is 0 Å². The number of carboxylic acid groups (broad SMARTS) is 1. The van der Waals surface area contributed by atoms with Gasteiger partial charge in [-0.1, -0.05) is 25.5 Å². The lowest BCUT2D eigenvalue weighted by Crippen LogP contribution is -2.10. The average molecular weight is 318 g/mol. The van der Waals surface area contributed by atoms with Gasteiger partial charge in [-0.2, -0.15) is 0 Å². The van der Waals surface area contributed by atoms with Crippen LogP contribution >= 0.6 is 0 Å². The van der Waals surface area contributed by atoms with Crippen molar-refractivity contribution < 1.29 is 14.3 Å². The van der Waals surface area contributed by atoms with Gasteiger partial charge in [0, 0.05) is 11.9 Å². The molecule has 0 amide bonds. The number of rotatable bonds is 6. The van der Waals surface area contributed by atoms with Crippen molar-refractivity contribution >= 4 is 11.5 Å². The lowest BCUT2D eigenvalue weighted by atomic mass is 10.0. The van der Waals surface area contributed by atoms with E-state index in [4.69, 9.17) is 5.73 Å². The molecule has 0 aliphatic carbocycles. The molecule has 124 valence electrons. The molecule has 4 nitrogen and oxygen atoms in total. The molecule has 1 rings (SSSR count). The van der Waals surface area contributed by atoms with Gasteiger partial charge < -0.3 is 10.8 Å². The molecule has 3 N–H and O–H groups in total. The van der Waals surface area contributed by atoms with Gasteiger partial charge in [-0.3, -0.25) is 4.98 Å². The van der Waals surface area contributed by atoms with Crippen molar-refractivity contribution in [2.24, 2.45) is 5.73 Å². The number of hydrogen-bond acceptors (Lipinski definition) is 3. The van der Waals surface area contributed by atoms with E-state index in [2.05, 4.69) is 4.98 Å². The van der Waals surface area contributed by atoms with Crippen molar-refractivity contribution in [2.75, 3.05) is 0 Å². The fourth-order valence-electron chi connectivity index (χ4n) is 2.02. The number of aryl methyl sites for hydroxylation is 1. The average Bonchev–Trinajstić information content (AvgIpc) is 2.53. The second-order valence-electron chi connectivity index (χ2n) is 5.38. The highest BCUT2D eigenvalue weighted by Crippen LogP contribution is 2.26. The normalized spacial score (nSPS) is 14.2. The molecule has 0 radical (unpaired) electrons. The molecule has 0 unspecified atom stereocenters. The van der Waals surface area contributed by atoms with Crippen molar-refractivity contribution in [3.8, 4) is 0 Å². The van der Waals surface area contributed by atoms with E-state index in [1.54, 1.807) is 31.3 Å². The topological polar surface area (TPSA) is 76.2 Å². The predicted octanol–water partition coefficient (Wildman–Crippen LogP) is 4.13. The second-order valence-corrected chi connectivity index (χ2v) is 5.38. The van der Waals surface area contributed by atoms with Crippen LogP contribution in [-0.4, -0.2) is 16.1 Å². The van der Waals surface area contributed by atoms with Gasteiger partial charge >= 0.3 is 5.97 Å². The van der Waals surface area contributed by atoms with E-state index in [1.807, 2.05) is 13.8 Å². The number of nitrogens with two attached hydrogens (primary N) is 1. The van der Waals surface area contributed by atoms with Crippen LogP contribution in [0, 0.1) is 6.92 Å². The van der Waals surface area contributed by atoms with E-state index in [-0.39, 0.29) is 16.8 Å². The van der Waals surface area contributed by atoms with Crippen LogP contribution in [0.3, 0.4) is 0 Å². The van der Waals surface area contributed by atoms with E-state index < -0.39 is 11.8 Å². The molecular weight excluding hydrogens is 295 g/mol. The summed E-state index contributed by atoms with van der Waals surface area (Å²) < 4.78 is 14.6. The molecule has 0 aliphatic rings. The number of pyridine rings is 1. The molecule has 1 heterocycles. The number of carboxylic acids is 1. The molecule has 0 saturated heterocycles. The van der Waals surface area contributed by atoms with Gasteiger partial charge in [-0.25, -0.2) is 9.18 Å². The molecule has 1 aromatic rings. The van der Waals surface area contributed by atoms with Crippen molar-refractivity contribution in [3.63, 3.8) is 0 Å². The van der Waals surface area contributed by atoms with Gasteiger partial charge in [-0.15, -0.1) is 0 Å². The third kappa shape index (κ3) is 4.77. The van der Waals surface area contributed by atoms with Crippen LogP contribution in [-0.2, 0) is 4.79 Å². The van der Waals surface area contributed by atoms with Crippen LogP contribution in [0.1, 0.15) is 44.9 Å². The summed E-state index contributed by atoms with van der Waals surface area (Å²) in [5.41, 5.74) is 7.73. The zero-order valence-corrected chi connectivity index (χ0v) is 14.0. The van der Waals surface area contributed by atoms with Gasteiger partial charge in [0.2, 0.25) is 0 Å². The third-order valence-corrected chi connectivity index (χ3v) is 3.59. The minimum Gasteiger partial charge on any atom is -0.478 e. The van der Waals surface area contributed by atoms with Crippen molar-refractivity contribution in [2.45, 2.75) is 40.5 Å². The Morgan fingerprint density at radius 2 is 2.04 bits per heavy atom. The van der Waals surface area contributed by atoms with Gasteiger partial charge in [0.05, 0.1) is 11.3 Å². The van der Waals surface area contributed by atoms with Crippen LogP contribution in [0.25, 0.3) is 5.57 Å². The SMILES string of the molecule is CCC/C=C(C(=O)O)/C(C)=C(N)\C(F)=C(/C)c1ccc(C)nc1. The maximum atomic E-state index is 14.6. The third-order valence-electron chi connectivity index (χ3n) is 3.59. The first-order chi connectivity index (χ1) is 10.8. The Morgan fingerprint density at radius 1 is 1.39 bits per heavy atom. The maximum absolute atomic E-state index is 14.6. The van der Waals surface area contributed by atoms with E-state index in [0.29, 0.717) is 17.6 Å².